The lowest BCUT2D eigenvalue weighted by Gasteiger charge is -2.08. The largest absolute Gasteiger partial charge is 0.396 e. The number of aliphatic hydroxyl groups is 1. The summed E-state index contributed by atoms with van der Waals surface area (Å²) in [6.45, 7) is 1.13. The average Bonchev–Trinajstić information content (AvgIpc) is 2.42. The highest BCUT2D eigenvalue weighted by atomic mass is 35.5. The maximum atomic E-state index is 8.70. The molecular weight excluding hydrogens is 262 g/mol. The number of para-hydroxylation sites is 1. The zero-order chi connectivity index (χ0) is 13.5. The normalized spacial score (nSPS) is 10.8. The maximum absolute atomic E-state index is 8.70. The molecule has 0 aliphatic rings. The first-order valence-corrected chi connectivity index (χ1v) is 6.96. The van der Waals surface area contributed by atoms with Gasteiger partial charge in [-0.1, -0.05) is 25.0 Å². The first-order chi connectivity index (χ1) is 9.31. The minimum absolute atomic E-state index is 0.265. The molecule has 2 rings (SSSR count). The lowest BCUT2D eigenvalue weighted by molar-refractivity contribution is 0.283. The van der Waals surface area contributed by atoms with E-state index in [1.165, 1.54) is 0 Å². The van der Waals surface area contributed by atoms with Gasteiger partial charge in [0.1, 0.15) is 5.82 Å². The minimum atomic E-state index is 0.265. The minimum Gasteiger partial charge on any atom is -0.396 e. The molecule has 0 atom stereocenters. The van der Waals surface area contributed by atoms with Crippen molar-refractivity contribution in [1.82, 2.24) is 9.97 Å². The van der Waals surface area contributed by atoms with Crippen molar-refractivity contribution in [3.8, 4) is 0 Å². The Morgan fingerprint density at radius 2 is 1.84 bits per heavy atom. The van der Waals surface area contributed by atoms with Crippen LogP contribution < -0.4 is 5.32 Å². The van der Waals surface area contributed by atoms with Gasteiger partial charge < -0.3 is 10.4 Å². The van der Waals surface area contributed by atoms with Crippen LogP contribution in [-0.2, 0) is 0 Å². The Morgan fingerprint density at radius 3 is 2.68 bits per heavy atom. The number of hydrogen-bond acceptors (Lipinski definition) is 4. The number of aromatic nitrogens is 2. The van der Waals surface area contributed by atoms with Crippen LogP contribution in [0.25, 0.3) is 10.9 Å². The molecule has 0 spiro atoms. The van der Waals surface area contributed by atoms with Crippen molar-refractivity contribution in [3.05, 3.63) is 29.5 Å². The summed E-state index contributed by atoms with van der Waals surface area (Å²) in [6, 6.07) is 7.81. The molecule has 0 radical (unpaired) electrons. The molecule has 2 aromatic rings. The van der Waals surface area contributed by atoms with E-state index < -0.39 is 0 Å². The molecule has 2 N–H and O–H groups in total. The Bertz CT molecular complexity index is 533. The fourth-order valence-electron chi connectivity index (χ4n) is 1.98. The van der Waals surface area contributed by atoms with E-state index in [1.807, 2.05) is 24.3 Å². The second-order valence-electron chi connectivity index (χ2n) is 4.42. The van der Waals surface area contributed by atoms with Crippen molar-refractivity contribution in [1.29, 1.82) is 0 Å². The average molecular weight is 280 g/mol. The predicted octanol–water partition coefficient (Wildman–Crippen LogP) is 3.25. The Morgan fingerprint density at radius 1 is 1.05 bits per heavy atom. The zero-order valence-corrected chi connectivity index (χ0v) is 11.5. The molecule has 1 aromatic heterocycles. The highest BCUT2D eigenvalue weighted by molar-refractivity contribution is 6.28. The van der Waals surface area contributed by atoms with Crippen molar-refractivity contribution >= 4 is 28.3 Å². The molecule has 0 fully saturated rings. The van der Waals surface area contributed by atoms with Crippen LogP contribution in [0.4, 0.5) is 5.82 Å². The van der Waals surface area contributed by atoms with Gasteiger partial charge in [-0.25, -0.2) is 9.97 Å². The molecule has 1 heterocycles. The zero-order valence-electron chi connectivity index (χ0n) is 10.8. The number of fused-ring (bicyclic) bond motifs is 1. The number of nitrogens with one attached hydrogen (secondary N) is 1. The Kier molecular flexibility index (Phi) is 5.36. The topological polar surface area (TPSA) is 58.0 Å². The van der Waals surface area contributed by atoms with Crippen LogP contribution >= 0.6 is 11.6 Å². The van der Waals surface area contributed by atoms with Crippen LogP contribution in [0.2, 0.25) is 5.28 Å². The molecule has 0 saturated heterocycles. The quantitative estimate of drug-likeness (QED) is 0.603. The number of benzene rings is 1. The summed E-state index contributed by atoms with van der Waals surface area (Å²) in [5.41, 5.74) is 0.852. The van der Waals surface area contributed by atoms with Crippen molar-refractivity contribution in [2.75, 3.05) is 18.5 Å². The summed E-state index contributed by atoms with van der Waals surface area (Å²) in [6.07, 6.45) is 4.09. The van der Waals surface area contributed by atoms with Crippen LogP contribution in [0, 0.1) is 0 Å². The van der Waals surface area contributed by atoms with E-state index in [4.69, 9.17) is 16.7 Å². The molecule has 0 aliphatic heterocycles. The van der Waals surface area contributed by atoms with Gasteiger partial charge in [-0.05, 0) is 36.6 Å². The van der Waals surface area contributed by atoms with Gasteiger partial charge in [-0.2, -0.15) is 0 Å². The van der Waals surface area contributed by atoms with E-state index in [0.29, 0.717) is 0 Å². The summed E-state index contributed by atoms with van der Waals surface area (Å²) in [5.74, 6) is 0.790. The summed E-state index contributed by atoms with van der Waals surface area (Å²) in [5, 5.41) is 13.3. The van der Waals surface area contributed by atoms with Gasteiger partial charge in [-0.15, -0.1) is 0 Å². The van der Waals surface area contributed by atoms with Gasteiger partial charge in [0.25, 0.3) is 0 Å². The van der Waals surface area contributed by atoms with Crippen LogP contribution in [0.3, 0.4) is 0 Å². The van der Waals surface area contributed by atoms with Gasteiger partial charge in [-0.3, -0.25) is 0 Å². The molecule has 19 heavy (non-hydrogen) atoms. The first-order valence-electron chi connectivity index (χ1n) is 6.58. The molecule has 0 aliphatic carbocycles. The first kappa shape index (κ1) is 14.0. The molecule has 1 aromatic carbocycles. The Balaban J connectivity index is 1.96. The number of anilines is 1. The standard InChI is InChI=1S/C14H18ClN3O/c15-14-17-12-8-4-3-7-11(12)13(18-14)16-9-5-1-2-6-10-19/h3-4,7-8,19H,1-2,5-6,9-10H2,(H,16,17,18). The van der Waals surface area contributed by atoms with E-state index in [2.05, 4.69) is 15.3 Å². The van der Waals surface area contributed by atoms with Crippen LogP contribution in [0.1, 0.15) is 25.7 Å². The number of nitrogens with zero attached hydrogens (tertiary/aromatic N) is 2. The van der Waals surface area contributed by atoms with Crippen LogP contribution in [0.15, 0.2) is 24.3 Å². The van der Waals surface area contributed by atoms with E-state index in [1.54, 1.807) is 0 Å². The van der Waals surface area contributed by atoms with E-state index in [9.17, 15) is 0 Å². The summed E-state index contributed by atoms with van der Waals surface area (Å²) >= 11 is 5.92. The molecule has 0 bridgehead atoms. The summed E-state index contributed by atoms with van der Waals surface area (Å²) in [4.78, 5) is 8.43. The lowest BCUT2D eigenvalue weighted by Crippen LogP contribution is -2.05. The molecule has 0 saturated carbocycles. The molecule has 102 valence electrons. The van der Waals surface area contributed by atoms with Gasteiger partial charge in [0.2, 0.25) is 5.28 Å². The predicted molar refractivity (Wildman–Crippen MR) is 78.6 cm³/mol. The summed E-state index contributed by atoms with van der Waals surface area (Å²) in [7, 11) is 0. The molecule has 0 amide bonds. The number of rotatable bonds is 7. The molecular formula is C14H18ClN3O. The fraction of sp³-hybridized carbons (Fsp3) is 0.429. The third-order valence-corrected chi connectivity index (χ3v) is 3.12. The smallest absolute Gasteiger partial charge is 0.224 e. The van der Waals surface area contributed by atoms with Gasteiger partial charge in [0, 0.05) is 18.5 Å². The highest BCUT2D eigenvalue weighted by Gasteiger charge is 2.05. The molecule has 0 unspecified atom stereocenters. The van der Waals surface area contributed by atoms with Gasteiger partial charge in [0.05, 0.1) is 5.52 Å². The van der Waals surface area contributed by atoms with Crippen molar-refractivity contribution < 1.29 is 5.11 Å². The van der Waals surface area contributed by atoms with E-state index in [0.717, 1.165) is 48.9 Å². The second-order valence-corrected chi connectivity index (χ2v) is 4.76. The number of halogens is 1. The third kappa shape index (κ3) is 4.04. The lowest BCUT2D eigenvalue weighted by atomic mass is 10.2. The summed E-state index contributed by atoms with van der Waals surface area (Å²) < 4.78 is 0. The Labute approximate surface area is 117 Å². The Hall–Kier alpha value is -1.39. The number of unbranched alkanes of at least 4 members (excludes halogenated alkanes) is 3. The van der Waals surface area contributed by atoms with Crippen molar-refractivity contribution in [2.24, 2.45) is 0 Å². The number of hydrogen-bond donors (Lipinski definition) is 2. The SMILES string of the molecule is OCCCCCCNc1nc(Cl)nc2ccccc12. The highest BCUT2D eigenvalue weighted by Crippen LogP contribution is 2.21. The van der Waals surface area contributed by atoms with Crippen molar-refractivity contribution in [2.45, 2.75) is 25.7 Å². The molecule has 5 heteroatoms. The monoisotopic (exact) mass is 279 g/mol. The maximum Gasteiger partial charge on any atom is 0.224 e. The van der Waals surface area contributed by atoms with E-state index >= 15 is 0 Å². The van der Waals surface area contributed by atoms with Gasteiger partial charge >= 0.3 is 0 Å². The second kappa shape index (κ2) is 7.26. The van der Waals surface area contributed by atoms with Crippen molar-refractivity contribution in [3.63, 3.8) is 0 Å². The molecule has 4 nitrogen and oxygen atoms in total. The third-order valence-electron chi connectivity index (χ3n) is 2.95. The van der Waals surface area contributed by atoms with E-state index in [-0.39, 0.29) is 11.9 Å². The van der Waals surface area contributed by atoms with Crippen LogP contribution in [0.5, 0.6) is 0 Å². The van der Waals surface area contributed by atoms with Crippen LogP contribution in [-0.4, -0.2) is 28.2 Å². The number of aliphatic hydroxyl groups excluding tert-OH is 1. The van der Waals surface area contributed by atoms with Gasteiger partial charge in [0.15, 0.2) is 0 Å². The fourth-order valence-corrected chi connectivity index (χ4v) is 2.16.